The van der Waals surface area contributed by atoms with Gasteiger partial charge in [-0.25, -0.2) is 9.18 Å². The van der Waals surface area contributed by atoms with E-state index in [4.69, 9.17) is 9.29 Å². The number of amides is 3. The van der Waals surface area contributed by atoms with Crippen molar-refractivity contribution in [2.75, 3.05) is 43.4 Å². The minimum Gasteiger partial charge on any atom is -0.494 e. The van der Waals surface area contributed by atoms with Gasteiger partial charge in [0.15, 0.2) is 0 Å². The molecule has 0 bridgehead atoms. The molecule has 1 spiro atoms. The standard InChI is InChI=1S/C35H41FN4O6S/c1-2-46-32-21-31(25-6-10-28(36)11-7-25)30(24-4-5-24)20-27(32)22-39-17-14-35(15-18-39)23-40(34(42)38-35)29-12-8-26(9-13-29)33(41)37-16-3-19-47(43,44)45/h6-13,20-21,24H,2-5,14-19,22-23H2,1H3,(H,37,41)(H,38,42)(H,43,44,45). The number of ether oxygens (including phenoxy) is 1. The monoisotopic (exact) mass is 664 g/mol. The molecular weight excluding hydrogens is 623 g/mol. The fourth-order valence-electron chi connectivity index (χ4n) is 6.60. The van der Waals surface area contributed by atoms with Crippen molar-refractivity contribution < 1.29 is 31.7 Å². The first kappa shape index (κ1) is 32.9. The van der Waals surface area contributed by atoms with E-state index in [0.717, 1.165) is 67.8 Å². The molecule has 0 aromatic heterocycles. The van der Waals surface area contributed by atoms with Crippen LogP contribution in [-0.2, 0) is 16.7 Å². The van der Waals surface area contributed by atoms with Gasteiger partial charge in [0.05, 0.1) is 24.4 Å². The molecule has 2 saturated heterocycles. The SMILES string of the molecule is CCOc1cc(-c2ccc(F)cc2)c(C2CC2)cc1CN1CCC2(CC1)CN(c1ccc(C(=O)NCCCS(=O)(=O)O)cc1)C(=O)N2. The normalized spacial score (nSPS) is 17.9. The highest BCUT2D eigenvalue weighted by atomic mass is 32.2. The van der Waals surface area contributed by atoms with E-state index in [-0.39, 0.29) is 36.3 Å². The number of rotatable bonds is 12. The fraction of sp³-hybridized carbons (Fsp3) is 0.429. The summed E-state index contributed by atoms with van der Waals surface area (Å²) in [5.41, 5.74) is 5.29. The molecule has 3 amide bonds. The lowest BCUT2D eigenvalue weighted by Crippen LogP contribution is -2.52. The Kier molecular flexibility index (Phi) is 9.54. The average molecular weight is 665 g/mol. The summed E-state index contributed by atoms with van der Waals surface area (Å²) >= 11 is 0. The van der Waals surface area contributed by atoms with Crippen LogP contribution in [0.1, 0.15) is 66.4 Å². The van der Waals surface area contributed by atoms with Crippen LogP contribution in [0.25, 0.3) is 11.1 Å². The van der Waals surface area contributed by atoms with E-state index in [0.29, 0.717) is 30.3 Å². The number of anilines is 1. The van der Waals surface area contributed by atoms with Gasteiger partial charge in [-0.15, -0.1) is 0 Å². The minimum atomic E-state index is -4.07. The number of piperidine rings is 1. The number of halogens is 1. The van der Waals surface area contributed by atoms with Gasteiger partial charge in [-0.2, -0.15) is 8.42 Å². The summed E-state index contributed by atoms with van der Waals surface area (Å²) in [4.78, 5) is 29.7. The van der Waals surface area contributed by atoms with Crippen molar-refractivity contribution in [3.63, 3.8) is 0 Å². The largest absolute Gasteiger partial charge is 0.494 e. The second-order valence-corrected chi connectivity index (χ2v) is 14.3. The first-order valence-corrected chi connectivity index (χ1v) is 17.8. The van der Waals surface area contributed by atoms with E-state index in [9.17, 15) is 22.4 Å². The smallest absolute Gasteiger partial charge is 0.322 e. The second kappa shape index (κ2) is 13.6. The molecule has 2 heterocycles. The lowest BCUT2D eigenvalue weighted by atomic mass is 9.87. The van der Waals surface area contributed by atoms with Crippen LogP contribution in [-0.4, -0.2) is 73.9 Å². The van der Waals surface area contributed by atoms with Gasteiger partial charge < -0.3 is 15.4 Å². The summed E-state index contributed by atoms with van der Waals surface area (Å²) in [5.74, 6) is 0.337. The Hall–Kier alpha value is -4.00. The molecule has 0 radical (unpaired) electrons. The Labute approximate surface area is 275 Å². The van der Waals surface area contributed by atoms with Gasteiger partial charge in [-0.1, -0.05) is 12.1 Å². The fourth-order valence-corrected chi connectivity index (χ4v) is 7.11. The number of nitrogens with zero attached hydrogens (tertiary/aromatic N) is 2. The molecule has 0 atom stereocenters. The summed E-state index contributed by atoms with van der Waals surface area (Å²) < 4.78 is 50.3. The molecule has 6 rings (SSSR count). The zero-order valence-corrected chi connectivity index (χ0v) is 27.3. The Morgan fingerprint density at radius 3 is 2.43 bits per heavy atom. The molecule has 3 fully saturated rings. The molecule has 250 valence electrons. The maximum atomic E-state index is 13.7. The third-order valence-electron chi connectivity index (χ3n) is 9.30. The number of likely N-dealkylation sites (tertiary alicyclic amines) is 1. The summed E-state index contributed by atoms with van der Waals surface area (Å²) in [6.45, 7) is 5.55. The molecule has 3 aromatic rings. The molecule has 1 aliphatic carbocycles. The van der Waals surface area contributed by atoms with Crippen molar-refractivity contribution in [1.82, 2.24) is 15.5 Å². The van der Waals surface area contributed by atoms with Crippen molar-refractivity contribution in [3.05, 3.63) is 83.2 Å². The number of carbonyl (C=O) groups is 2. The molecule has 47 heavy (non-hydrogen) atoms. The number of benzene rings is 3. The predicted octanol–water partition coefficient (Wildman–Crippen LogP) is 5.34. The van der Waals surface area contributed by atoms with Crippen LogP contribution in [0.5, 0.6) is 5.75 Å². The van der Waals surface area contributed by atoms with Gasteiger partial charge in [0, 0.05) is 43.0 Å². The van der Waals surface area contributed by atoms with Crippen LogP contribution in [0.15, 0.2) is 60.7 Å². The van der Waals surface area contributed by atoms with Crippen molar-refractivity contribution in [2.45, 2.75) is 57.0 Å². The molecule has 10 nitrogen and oxygen atoms in total. The first-order chi connectivity index (χ1) is 22.5. The summed E-state index contributed by atoms with van der Waals surface area (Å²) in [7, 11) is -4.07. The lowest BCUT2D eigenvalue weighted by Gasteiger charge is -2.39. The minimum absolute atomic E-state index is 0.106. The van der Waals surface area contributed by atoms with Crippen LogP contribution in [0.2, 0.25) is 0 Å². The number of hydrogen-bond donors (Lipinski definition) is 3. The van der Waals surface area contributed by atoms with E-state index in [1.165, 1.54) is 17.7 Å². The maximum absolute atomic E-state index is 13.7. The van der Waals surface area contributed by atoms with Crippen molar-refractivity contribution >= 4 is 27.7 Å². The van der Waals surface area contributed by atoms with Gasteiger partial charge >= 0.3 is 6.03 Å². The molecule has 1 saturated carbocycles. The zero-order valence-electron chi connectivity index (χ0n) is 26.5. The average Bonchev–Trinajstić information content (AvgIpc) is 3.84. The van der Waals surface area contributed by atoms with Gasteiger partial charge in [0.25, 0.3) is 16.0 Å². The van der Waals surface area contributed by atoms with Crippen molar-refractivity contribution in [2.24, 2.45) is 0 Å². The quantitative estimate of drug-likeness (QED) is 0.176. The van der Waals surface area contributed by atoms with E-state index < -0.39 is 15.9 Å². The molecule has 3 N–H and O–H groups in total. The van der Waals surface area contributed by atoms with Crippen LogP contribution < -0.4 is 20.3 Å². The molecule has 3 aromatic carbocycles. The molecule has 0 unspecified atom stereocenters. The summed E-state index contributed by atoms with van der Waals surface area (Å²) in [5, 5.41) is 5.88. The van der Waals surface area contributed by atoms with Crippen LogP contribution in [0.3, 0.4) is 0 Å². The van der Waals surface area contributed by atoms with E-state index in [2.05, 4.69) is 27.7 Å². The number of carbonyl (C=O) groups excluding carboxylic acids is 2. The summed E-state index contributed by atoms with van der Waals surface area (Å²) in [6, 6.07) is 17.7. The highest BCUT2D eigenvalue weighted by Gasteiger charge is 2.45. The summed E-state index contributed by atoms with van der Waals surface area (Å²) in [6.07, 6.45) is 4.01. The predicted molar refractivity (Wildman–Crippen MR) is 178 cm³/mol. The van der Waals surface area contributed by atoms with Gasteiger partial charge in [-0.3, -0.25) is 19.1 Å². The maximum Gasteiger partial charge on any atom is 0.322 e. The van der Waals surface area contributed by atoms with Gasteiger partial charge in [0.1, 0.15) is 11.6 Å². The molecule has 2 aliphatic heterocycles. The number of nitrogens with one attached hydrogen (secondary N) is 2. The highest BCUT2D eigenvalue weighted by molar-refractivity contribution is 7.85. The lowest BCUT2D eigenvalue weighted by molar-refractivity contribution is 0.0953. The third-order valence-corrected chi connectivity index (χ3v) is 10.1. The molecular formula is C35H41FN4O6S. The Balaban J connectivity index is 1.08. The molecule has 12 heteroatoms. The third kappa shape index (κ3) is 7.94. The van der Waals surface area contributed by atoms with E-state index in [1.54, 1.807) is 29.2 Å². The van der Waals surface area contributed by atoms with Crippen LogP contribution >= 0.6 is 0 Å². The highest BCUT2D eigenvalue weighted by Crippen LogP contribution is 2.47. The van der Waals surface area contributed by atoms with Crippen LogP contribution in [0, 0.1) is 5.82 Å². The Morgan fingerprint density at radius 1 is 1.09 bits per heavy atom. The van der Waals surface area contributed by atoms with Crippen molar-refractivity contribution in [1.29, 1.82) is 0 Å². The molecule has 3 aliphatic rings. The van der Waals surface area contributed by atoms with Crippen molar-refractivity contribution in [3.8, 4) is 16.9 Å². The van der Waals surface area contributed by atoms with Gasteiger partial charge in [0.2, 0.25) is 0 Å². The topological polar surface area (TPSA) is 128 Å². The van der Waals surface area contributed by atoms with Crippen LogP contribution in [0.4, 0.5) is 14.9 Å². The van der Waals surface area contributed by atoms with Gasteiger partial charge in [-0.05, 0) is 110 Å². The number of hydrogen-bond acceptors (Lipinski definition) is 6. The van der Waals surface area contributed by atoms with E-state index >= 15 is 0 Å². The Morgan fingerprint density at radius 2 is 1.79 bits per heavy atom. The first-order valence-electron chi connectivity index (χ1n) is 16.2. The van der Waals surface area contributed by atoms with E-state index in [1.807, 2.05) is 19.1 Å². The second-order valence-electron chi connectivity index (χ2n) is 12.8. The number of urea groups is 1. The zero-order chi connectivity index (χ0) is 33.2. The Bertz CT molecular complexity index is 1720.